The summed E-state index contributed by atoms with van der Waals surface area (Å²) in [7, 11) is -3.84. The monoisotopic (exact) mass is 421 g/mol. The Bertz CT molecular complexity index is 1010. The highest BCUT2D eigenvalue weighted by molar-refractivity contribution is 7.92. The number of hydrogen-bond donors (Lipinski definition) is 1. The zero-order chi connectivity index (χ0) is 21.6. The van der Waals surface area contributed by atoms with Crippen LogP contribution in [0.25, 0.3) is 0 Å². The Morgan fingerprint density at radius 1 is 1.21 bits per heavy atom. The van der Waals surface area contributed by atoms with Crippen LogP contribution in [0.4, 0.5) is 11.4 Å². The summed E-state index contributed by atoms with van der Waals surface area (Å²) >= 11 is 0. The minimum absolute atomic E-state index is 0.0906. The molecule has 0 fully saturated rings. The van der Waals surface area contributed by atoms with Crippen LogP contribution in [0.2, 0.25) is 0 Å². The summed E-state index contributed by atoms with van der Waals surface area (Å²) in [6.45, 7) is 3.45. The maximum atomic E-state index is 12.3. The molecule has 1 amide bonds. The lowest BCUT2D eigenvalue weighted by molar-refractivity contribution is -0.384. The minimum atomic E-state index is -3.84. The number of benzene rings is 2. The van der Waals surface area contributed by atoms with Crippen LogP contribution >= 0.6 is 0 Å². The highest BCUT2D eigenvalue weighted by Gasteiger charge is 2.24. The molecule has 0 saturated heterocycles. The normalized spacial score (nSPS) is 11.0. The lowest BCUT2D eigenvalue weighted by Gasteiger charge is -2.23. The largest absolute Gasteiger partial charge is 0.492 e. The Morgan fingerprint density at radius 3 is 2.55 bits per heavy atom. The Labute approximate surface area is 169 Å². The number of anilines is 1. The van der Waals surface area contributed by atoms with Gasteiger partial charge in [0.1, 0.15) is 18.9 Å². The van der Waals surface area contributed by atoms with Crippen molar-refractivity contribution in [2.24, 2.45) is 0 Å². The van der Waals surface area contributed by atoms with Gasteiger partial charge in [0, 0.05) is 12.1 Å². The highest BCUT2D eigenvalue weighted by Crippen LogP contribution is 2.27. The van der Waals surface area contributed by atoms with Gasteiger partial charge >= 0.3 is 0 Å². The Morgan fingerprint density at radius 2 is 1.93 bits per heavy atom. The molecule has 0 atom stereocenters. The highest BCUT2D eigenvalue weighted by atomic mass is 32.2. The van der Waals surface area contributed by atoms with Gasteiger partial charge in [-0.1, -0.05) is 18.2 Å². The Kier molecular flexibility index (Phi) is 7.16. The fourth-order valence-electron chi connectivity index (χ4n) is 2.61. The van der Waals surface area contributed by atoms with E-state index in [2.05, 4.69) is 5.32 Å². The second-order valence-corrected chi connectivity index (χ2v) is 8.42. The molecular weight excluding hydrogens is 398 g/mol. The molecule has 9 nitrogen and oxygen atoms in total. The van der Waals surface area contributed by atoms with Gasteiger partial charge in [0.2, 0.25) is 15.9 Å². The summed E-state index contributed by atoms with van der Waals surface area (Å²) in [5.74, 6) is 0.124. The number of nitrogens with zero attached hydrogens (tertiary/aromatic N) is 2. The third-order valence-electron chi connectivity index (χ3n) is 4.04. The van der Waals surface area contributed by atoms with Crippen LogP contribution in [0.3, 0.4) is 0 Å². The molecule has 0 bridgehead atoms. The number of nitro benzene ring substituents is 1. The summed E-state index contributed by atoms with van der Waals surface area (Å²) in [5.41, 5.74) is 1.37. The molecule has 0 aliphatic heterocycles. The molecule has 0 radical (unpaired) electrons. The number of aryl methyl sites for hydroxylation is 2. The van der Waals surface area contributed by atoms with E-state index in [1.165, 1.54) is 12.1 Å². The summed E-state index contributed by atoms with van der Waals surface area (Å²) in [5, 5.41) is 13.6. The van der Waals surface area contributed by atoms with Crippen LogP contribution in [-0.4, -0.2) is 45.2 Å². The number of rotatable bonds is 9. The number of sulfonamides is 1. The Hall–Kier alpha value is -3.14. The molecule has 2 aromatic rings. The van der Waals surface area contributed by atoms with Crippen molar-refractivity contribution in [2.45, 2.75) is 13.8 Å². The molecule has 0 unspecified atom stereocenters. The first-order valence-corrected chi connectivity index (χ1v) is 10.6. The number of non-ortho nitro benzene ring substituents is 1. The van der Waals surface area contributed by atoms with E-state index in [0.29, 0.717) is 11.3 Å². The maximum absolute atomic E-state index is 12.3. The van der Waals surface area contributed by atoms with Gasteiger partial charge in [-0.2, -0.15) is 0 Å². The third-order valence-corrected chi connectivity index (χ3v) is 5.17. The number of carbonyl (C=O) groups is 1. The SMILES string of the molecule is Cc1cccc(OCCNC(=O)CN(c2cc([N+](=O)[O-])ccc2C)S(C)(=O)=O)c1. The minimum Gasteiger partial charge on any atom is -0.492 e. The van der Waals surface area contributed by atoms with Crippen molar-refractivity contribution in [1.29, 1.82) is 0 Å². The lowest BCUT2D eigenvalue weighted by atomic mass is 10.2. The van der Waals surface area contributed by atoms with Gasteiger partial charge in [0.25, 0.3) is 5.69 Å². The first-order chi connectivity index (χ1) is 13.6. The second kappa shape index (κ2) is 9.37. The smallest absolute Gasteiger partial charge is 0.271 e. The van der Waals surface area contributed by atoms with Gasteiger partial charge in [0.05, 0.1) is 23.4 Å². The van der Waals surface area contributed by atoms with Crippen molar-refractivity contribution in [3.63, 3.8) is 0 Å². The number of hydrogen-bond acceptors (Lipinski definition) is 6. The zero-order valence-electron chi connectivity index (χ0n) is 16.4. The number of nitrogens with one attached hydrogen (secondary N) is 1. The number of amides is 1. The van der Waals surface area contributed by atoms with Gasteiger partial charge < -0.3 is 10.1 Å². The molecule has 1 N–H and O–H groups in total. The van der Waals surface area contributed by atoms with Gasteiger partial charge in [-0.3, -0.25) is 19.2 Å². The number of nitro groups is 1. The van der Waals surface area contributed by atoms with E-state index in [-0.39, 0.29) is 24.5 Å². The average Bonchev–Trinajstić information content (AvgIpc) is 2.63. The first-order valence-electron chi connectivity index (χ1n) is 8.77. The summed E-state index contributed by atoms with van der Waals surface area (Å²) < 4.78 is 30.8. The molecular formula is C19H23N3O6S. The van der Waals surface area contributed by atoms with E-state index in [0.717, 1.165) is 22.2 Å². The van der Waals surface area contributed by atoms with Crippen LogP contribution in [0.5, 0.6) is 5.75 Å². The van der Waals surface area contributed by atoms with Crippen LogP contribution < -0.4 is 14.4 Å². The van der Waals surface area contributed by atoms with Crippen LogP contribution in [0, 0.1) is 24.0 Å². The standard InChI is InChI=1S/C19H23N3O6S/c1-14-5-4-6-17(11-14)28-10-9-20-19(23)13-21(29(3,26)27)18-12-16(22(24)25)8-7-15(18)2/h4-8,11-12H,9-10,13H2,1-3H3,(H,20,23). The molecule has 0 saturated carbocycles. The average molecular weight is 421 g/mol. The molecule has 0 heterocycles. The van der Waals surface area contributed by atoms with Crippen molar-refractivity contribution in [3.05, 3.63) is 63.7 Å². The van der Waals surface area contributed by atoms with Crippen LogP contribution in [-0.2, 0) is 14.8 Å². The lowest BCUT2D eigenvalue weighted by Crippen LogP contribution is -2.41. The molecule has 10 heteroatoms. The first kappa shape index (κ1) is 22.2. The molecule has 0 aliphatic carbocycles. The summed E-state index contributed by atoms with van der Waals surface area (Å²) in [6, 6.07) is 11.3. The van der Waals surface area contributed by atoms with E-state index in [9.17, 15) is 23.3 Å². The van der Waals surface area contributed by atoms with Crippen molar-refractivity contribution >= 4 is 27.3 Å². The van der Waals surface area contributed by atoms with E-state index < -0.39 is 27.4 Å². The van der Waals surface area contributed by atoms with Crippen molar-refractivity contribution in [3.8, 4) is 5.75 Å². The quantitative estimate of drug-likeness (QED) is 0.377. The Balaban J connectivity index is 2.03. The van der Waals surface area contributed by atoms with Crippen LogP contribution in [0.1, 0.15) is 11.1 Å². The van der Waals surface area contributed by atoms with Gasteiger partial charge in [-0.25, -0.2) is 8.42 Å². The zero-order valence-corrected chi connectivity index (χ0v) is 17.2. The molecule has 156 valence electrons. The fraction of sp³-hybridized carbons (Fsp3) is 0.316. The van der Waals surface area contributed by atoms with E-state index in [4.69, 9.17) is 4.74 Å². The van der Waals surface area contributed by atoms with Gasteiger partial charge in [0.15, 0.2) is 0 Å². The molecule has 2 aromatic carbocycles. The summed E-state index contributed by atoms with van der Waals surface area (Å²) in [4.78, 5) is 22.7. The van der Waals surface area contributed by atoms with Crippen molar-refractivity contribution in [1.82, 2.24) is 5.32 Å². The second-order valence-electron chi connectivity index (χ2n) is 6.51. The predicted octanol–water partition coefficient (Wildman–Crippen LogP) is 2.17. The van der Waals surface area contributed by atoms with Crippen molar-refractivity contribution in [2.75, 3.05) is 30.3 Å². The molecule has 0 spiro atoms. The van der Waals surface area contributed by atoms with E-state index >= 15 is 0 Å². The molecule has 29 heavy (non-hydrogen) atoms. The van der Waals surface area contributed by atoms with Gasteiger partial charge in [-0.15, -0.1) is 0 Å². The third kappa shape index (κ3) is 6.46. The van der Waals surface area contributed by atoms with Crippen LogP contribution in [0.15, 0.2) is 42.5 Å². The van der Waals surface area contributed by atoms with Gasteiger partial charge in [-0.05, 0) is 37.1 Å². The van der Waals surface area contributed by atoms with E-state index in [1.807, 2.05) is 25.1 Å². The molecule has 2 rings (SSSR count). The molecule has 0 aromatic heterocycles. The topological polar surface area (TPSA) is 119 Å². The van der Waals surface area contributed by atoms with Crippen molar-refractivity contribution < 1.29 is 22.9 Å². The fourth-order valence-corrected chi connectivity index (χ4v) is 3.52. The maximum Gasteiger partial charge on any atom is 0.271 e. The number of ether oxygens (including phenoxy) is 1. The predicted molar refractivity (Wildman–Crippen MR) is 110 cm³/mol. The number of carbonyl (C=O) groups excluding carboxylic acids is 1. The molecule has 0 aliphatic rings. The van der Waals surface area contributed by atoms with E-state index in [1.54, 1.807) is 13.0 Å². The summed E-state index contributed by atoms with van der Waals surface area (Å²) in [6.07, 6.45) is 0.944.